The van der Waals surface area contributed by atoms with E-state index in [9.17, 15) is 22.0 Å². The molecule has 2 rings (SSSR count). The molecule has 0 radical (unpaired) electrons. The van der Waals surface area contributed by atoms with Gasteiger partial charge in [-0.25, -0.2) is 4.58 Å². The van der Waals surface area contributed by atoms with Crippen LogP contribution in [0.25, 0.3) is 0 Å². The molecule has 0 fully saturated rings. The lowest BCUT2D eigenvalue weighted by atomic mass is 10.2. The van der Waals surface area contributed by atoms with Crippen LogP contribution in [-0.4, -0.2) is 29.6 Å². The third kappa shape index (κ3) is 1.63. The van der Waals surface area contributed by atoms with Crippen molar-refractivity contribution in [3.05, 3.63) is 23.5 Å². The summed E-state index contributed by atoms with van der Waals surface area (Å²) in [5.74, 6) is -1.31. The Morgan fingerprint density at radius 2 is 1.94 bits per heavy atom. The van der Waals surface area contributed by atoms with E-state index in [1.54, 1.807) is 0 Å². The van der Waals surface area contributed by atoms with Crippen molar-refractivity contribution in [2.24, 2.45) is 10.2 Å². The summed E-state index contributed by atoms with van der Waals surface area (Å²) in [6.45, 7) is -0.0818. The van der Waals surface area contributed by atoms with Crippen LogP contribution >= 0.6 is 0 Å². The summed E-state index contributed by atoms with van der Waals surface area (Å²) in [6, 6.07) is 0. The third-order valence-electron chi connectivity index (χ3n) is 2.09. The Hall–Kier alpha value is -1.60. The topological polar surface area (TPSA) is 27.7 Å². The molecule has 2 aliphatic heterocycles. The average Bonchev–Trinajstić information content (AvgIpc) is 2.58. The molecule has 8 heteroatoms. The lowest BCUT2D eigenvalue weighted by Gasteiger charge is -2.12. The van der Waals surface area contributed by atoms with Crippen molar-refractivity contribution >= 4 is 5.84 Å². The molecular weight excluding hydrogens is 233 g/mol. The summed E-state index contributed by atoms with van der Waals surface area (Å²) >= 11 is 0. The van der Waals surface area contributed by atoms with Crippen LogP contribution in [0.15, 0.2) is 33.8 Å². The predicted octanol–water partition coefficient (Wildman–Crippen LogP) is 2.47. The number of amidine groups is 1. The minimum absolute atomic E-state index is 0.0818. The molecule has 0 amide bonds. The molecule has 0 saturated carbocycles. The van der Waals surface area contributed by atoms with Crippen molar-refractivity contribution in [2.75, 3.05) is 6.54 Å². The third-order valence-corrected chi connectivity index (χ3v) is 2.09. The fourth-order valence-electron chi connectivity index (χ4n) is 1.43. The first-order valence-electron chi connectivity index (χ1n) is 4.23. The van der Waals surface area contributed by atoms with E-state index in [-0.39, 0.29) is 6.54 Å². The molecule has 0 saturated heterocycles. The van der Waals surface area contributed by atoms with Crippen molar-refractivity contribution in [3.8, 4) is 0 Å². The number of rotatable bonds is 1. The number of halogens is 5. The molecule has 0 bridgehead atoms. The molecule has 3 nitrogen and oxygen atoms in total. The van der Waals surface area contributed by atoms with Crippen molar-refractivity contribution in [1.29, 1.82) is 0 Å². The Kier molecular flexibility index (Phi) is 2.36. The van der Waals surface area contributed by atoms with Crippen LogP contribution in [0.1, 0.15) is 0 Å². The molecular formula is C8H5F5N3+. The normalized spacial score (nSPS) is 20.1. The maximum atomic E-state index is 12.5. The van der Waals surface area contributed by atoms with Crippen LogP contribution < -0.4 is 0 Å². The van der Waals surface area contributed by atoms with Crippen LogP contribution in [0.5, 0.6) is 0 Å². The summed E-state index contributed by atoms with van der Waals surface area (Å²) in [5.41, 5.74) is -1.06. The second-order valence-corrected chi connectivity index (χ2v) is 3.11. The van der Waals surface area contributed by atoms with Gasteiger partial charge in [0.1, 0.15) is 5.57 Å². The zero-order chi connectivity index (χ0) is 11.9. The smallest absolute Gasteiger partial charge is 0.216 e. The van der Waals surface area contributed by atoms with E-state index < -0.39 is 29.8 Å². The van der Waals surface area contributed by atoms with Gasteiger partial charge >= 0.3 is 24.3 Å². The summed E-state index contributed by atoms with van der Waals surface area (Å²) < 4.78 is 62.9. The Morgan fingerprint density at radius 3 is 2.50 bits per heavy atom. The highest BCUT2D eigenvalue weighted by atomic mass is 19.4. The van der Waals surface area contributed by atoms with Gasteiger partial charge in [-0.2, -0.15) is 22.0 Å². The van der Waals surface area contributed by atoms with Gasteiger partial charge in [0.15, 0.2) is 0 Å². The molecule has 0 aliphatic carbocycles. The number of fused-ring (bicyclic) bond motifs is 1. The van der Waals surface area contributed by atoms with Crippen molar-refractivity contribution in [3.63, 3.8) is 0 Å². The van der Waals surface area contributed by atoms with E-state index in [2.05, 4.69) is 10.2 Å². The van der Waals surface area contributed by atoms with Crippen LogP contribution in [0.3, 0.4) is 0 Å². The summed E-state index contributed by atoms with van der Waals surface area (Å²) in [4.78, 5) is 0. The zero-order valence-corrected chi connectivity index (χ0v) is 7.67. The van der Waals surface area contributed by atoms with E-state index >= 15 is 0 Å². The fourth-order valence-corrected chi connectivity index (χ4v) is 1.43. The number of hydrogen-bond donors (Lipinski definition) is 0. The fraction of sp³-hybridized carbons (Fsp3) is 0.375. The number of alkyl halides is 5. The molecule has 2 aliphatic rings. The predicted molar refractivity (Wildman–Crippen MR) is 43.2 cm³/mol. The first kappa shape index (κ1) is 10.9. The highest BCUT2D eigenvalue weighted by Gasteiger charge is 2.44. The van der Waals surface area contributed by atoms with Gasteiger partial charge in [-0.1, -0.05) is 0 Å². The van der Waals surface area contributed by atoms with Crippen molar-refractivity contribution in [2.45, 2.75) is 12.6 Å². The molecule has 2 heterocycles. The van der Waals surface area contributed by atoms with Gasteiger partial charge in [0, 0.05) is 0 Å². The monoisotopic (exact) mass is 238 g/mol. The Balaban J connectivity index is 2.54. The van der Waals surface area contributed by atoms with E-state index in [1.165, 1.54) is 0 Å². The Morgan fingerprint density at radius 1 is 1.25 bits per heavy atom. The van der Waals surface area contributed by atoms with E-state index in [0.29, 0.717) is 0 Å². The van der Waals surface area contributed by atoms with Gasteiger partial charge in [0.2, 0.25) is 0 Å². The standard InChI is InChI=1S/C8H5F5N3/c9-5(10)7-15-14-6-4(8(11,12)13)2-1-3-16(6)7/h1-2,5H,3H2/q+1. The number of hydrogen-bond acceptors (Lipinski definition) is 2. The molecule has 0 aromatic carbocycles. The summed E-state index contributed by atoms with van der Waals surface area (Å²) in [7, 11) is 0. The quantitative estimate of drug-likeness (QED) is 0.496. The molecule has 0 aromatic rings. The SMILES string of the molecule is FC(F)C1=[N+]2CC=CC(C(F)(F)F)=C2N=N1. The van der Waals surface area contributed by atoms with Crippen molar-refractivity contribution in [1.82, 2.24) is 0 Å². The molecule has 0 spiro atoms. The lowest BCUT2D eigenvalue weighted by Crippen LogP contribution is -2.26. The molecule has 16 heavy (non-hydrogen) atoms. The molecule has 0 aromatic heterocycles. The van der Waals surface area contributed by atoms with Gasteiger partial charge < -0.3 is 0 Å². The van der Waals surface area contributed by atoms with E-state index in [1.807, 2.05) is 0 Å². The lowest BCUT2D eigenvalue weighted by molar-refractivity contribution is -0.470. The maximum Gasteiger partial charge on any atom is 0.423 e. The maximum absolute atomic E-state index is 12.5. The van der Waals surface area contributed by atoms with E-state index in [0.717, 1.165) is 16.7 Å². The first-order valence-corrected chi connectivity index (χ1v) is 4.23. The van der Waals surface area contributed by atoms with Crippen LogP contribution in [0.2, 0.25) is 0 Å². The molecule has 0 unspecified atom stereocenters. The van der Waals surface area contributed by atoms with Crippen LogP contribution in [0.4, 0.5) is 22.0 Å². The van der Waals surface area contributed by atoms with Crippen molar-refractivity contribution < 1.29 is 26.5 Å². The average molecular weight is 238 g/mol. The Bertz CT molecular complexity index is 441. The van der Waals surface area contributed by atoms with Gasteiger partial charge in [0.05, 0.1) is 16.8 Å². The summed E-state index contributed by atoms with van der Waals surface area (Å²) in [6.07, 6.45) is -5.60. The zero-order valence-electron chi connectivity index (χ0n) is 7.67. The number of azo groups is 1. The number of nitrogens with zero attached hydrogens (tertiary/aromatic N) is 3. The molecule has 0 N–H and O–H groups in total. The second kappa shape index (κ2) is 3.46. The Labute approximate surface area is 86.3 Å². The minimum Gasteiger partial charge on any atom is -0.216 e. The van der Waals surface area contributed by atoms with E-state index in [4.69, 9.17) is 0 Å². The highest BCUT2D eigenvalue weighted by Crippen LogP contribution is 2.33. The second-order valence-electron chi connectivity index (χ2n) is 3.11. The minimum atomic E-state index is -4.62. The molecule has 86 valence electrons. The largest absolute Gasteiger partial charge is 0.423 e. The van der Waals surface area contributed by atoms with Gasteiger partial charge in [-0.15, -0.1) is 0 Å². The summed E-state index contributed by atoms with van der Waals surface area (Å²) in [5, 5.41) is 6.21. The molecule has 0 atom stereocenters. The first-order chi connectivity index (χ1) is 7.41. The van der Waals surface area contributed by atoms with Crippen LogP contribution in [0, 0.1) is 0 Å². The van der Waals surface area contributed by atoms with Gasteiger partial charge in [-0.05, 0) is 12.2 Å². The highest BCUT2D eigenvalue weighted by molar-refractivity contribution is 5.82. The van der Waals surface area contributed by atoms with Crippen LogP contribution in [-0.2, 0) is 0 Å². The number of allylic oxidation sites excluding steroid dienone is 2. The van der Waals surface area contributed by atoms with Gasteiger partial charge in [0.25, 0.3) is 0 Å². The van der Waals surface area contributed by atoms with Gasteiger partial charge in [-0.3, -0.25) is 0 Å².